The van der Waals surface area contributed by atoms with E-state index in [9.17, 15) is 8.42 Å². The minimum Gasteiger partial charge on any atom is -0.275 e. The monoisotopic (exact) mass is 367 g/mol. The molecule has 2 heterocycles. The van der Waals surface area contributed by atoms with Crippen molar-refractivity contribution in [2.45, 2.75) is 25.2 Å². The van der Waals surface area contributed by atoms with Crippen LogP contribution in [-0.4, -0.2) is 24.7 Å². The average Bonchev–Trinajstić information content (AvgIpc) is 3.22. The molecule has 0 atom stereocenters. The lowest BCUT2D eigenvalue weighted by molar-refractivity contribution is 0.591. The fourth-order valence-corrected chi connectivity index (χ4v) is 5.44. The SMILES string of the molecule is Cc1cc(-c2cnn(C)c2)ccc1S(=O)(=O)N1CCc2cccc(C)c21. The lowest BCUT2D eigenvalue weighted by Crippen LogP contribution is -2.30. The van der Waals surface area contributed by atoms with E-state index in [1.54, 1.807) is 21.3 Å². The second kappa shape index (κ2) is 5.99. The topological polar surface area (TPSA) is 55.2 Å². The zero-order valence-electron chi connectivity index (χ0n) is 15.1. The summed E-state index contributed by atoms with van der Waals surface area (Å²) < 4.78 is 30.0. The minimum atomic E-state index is -3.59. The van der Waals surface area contributed by atoms with E-state index in [0.29, 0.717) is 11.4 Å². The van der Waals surface area contributed by atoms with Gasteiger partial charge in [-0.3, -0.25) is 8.99 Å². The Morgan fingerprint density at radius 3 is 2.54 bits per heavy atom. The third-order valence-corrected chi connectivity index (χ3v) is 6.90. The lowest BCUT2D eigenvalue weighted by atomic mass is 10.1. The highest BCUT2D eigenvalue weighted by Gasteiger charge is 2.32. The van der Waals surface area contributed by atoms with Crippen molar-refractivity contribution in [2.75, 3.05) is 10.8 Å². The Hall–Kier alpha value is -2.60. The summed E-state index contributed by atoms with van der Waals surface area (Å²) in [6, 6.07) is 11.4. The Kier molecular flexibility index (Phi) is 3.88. The molecule has 4 rings (SSSR count). The molecular formula is C20H21N3O2S. The van der Waals surface area contributed by atoms with Crippen LogP contribution in [0.5, 0.6) is 0 Å². The summed E-state index contributed by atoms with van der Waals surface area (Å²) in [7, 11) is -1.72. The van der Waals surface area contributed by atoms with Crippen LogP contribution in [0.2, 0.25) is 0 Å². The first kappa shape index (κ1) is 16.8. The van der Waals surface area contributed by atoms with Crippen LogP contribution >= 0.6 is 0 Å². The standard InChI is InChI=1S/C20H21N3O2S/c1-14-5-4-6-16-9-10-23(20(14)16)26(24,25)19-8-7-17(11-15(19)2)18-12-21-22(3)13-18/h4-8,11-13H,9-10H2,1-3H3. The molecule has 0 fully saturated rings. The Labute approximate surface area is 153 Å². The molecule has 0 aliphatic carbocycles. The lowest BCUT2D eigenvalue weighted by Gasteiger charge is -2.22. The first-order valence-corrected chi connectivity index (χ1v) is 10.0. The molecular weight excluding hydrogens is 346 g/mol. The van der Waals surface area contributed by atoms with Crippen molar-refractivity contribution in [2.24, 2.45) is 7.05 Å². The van der Waals surface area contributed by atoms with E-state index < -0.39 is 10.0 Å². The Morgan fingerprint density at radius 2 is 1.85 bits per heavy atom. The van der Waals surface area contributed by atoms with Gasteiger partial charge in [-0.05, 0) is 54.7 Å². The summed E-state index contributed by atoms with van der Waals surface area (Å²) in [4.78, 5) is 0.362. The third-order valence-electron chi connectivity index (χ3n) is 4.94. The maximum absolute atomic E-state index is 13.3. The van der Waals surface area contributed by atoms with Gasteiger partial charge in [0.25, 0.3) is 10.0 Å². The van der Waals surface area contributed by atoms with Gasteiger partial charge in [-0.2, -0.15) is 5.10 Å². The highest BCUT2D eigenvalue weighted by molar-refractivity contribution is 7.93. The Morgan fingerprint density at radius 1 is 1.04 bits per heavy atom. The molecule has 0 saturated heterocycles. The molecule has 2 aromatic carbocycles. The van der Waals surface area contributed by atoms with Gasteiger partial charge < -0.3 is 0 Å². The van der Waals surface area contributed by atoms with Crippen molar-refractivity contribution < 1.29 is 8.42 Å². The van der Waals surface area contributed by atoms with Crippen LogP contribution in [0, 0.1) is 13.8 Å². The normalized spacial score (nSPS) is 13.9. The summed E-state index contributed by atoms with van der Waals surface area (Å²) >= 11 is 0. The zero-order valence-corrected chi connectivity index (χ0v) is 15.9. The van der Waals surface area contributed by atoms with E-state index in [0.717, 1.165) is 39.9 Å². The molecule has 0 N–H and O–H groups in total. The van der Waals surface area contributed by atoms with Crippen molar-refractivity contribution in [3.63, 3.8) is 0 Å². The first-order chi connectivity index (χ1) is 12.4. The van der Waals surface area contributed by atoms with Gasteiger partial charge in [0, 0.05) is 25.4 Å². The fraction of sp³-hybridized carbons (Fsp3) is 0.250. The van der Waals surface area contributed by atoms with Crippen molar-refractivity contribution in [1.29, 1.82) is 0 Å². The van der Waals surface area contributed by atoms with Gasteiger partial charge >= 0.3 is 0 Å². The highest BCUT2D eigenvalue weighted by Crippen LogP contribution is 2.36. The van der Waals surface area contributed by atoms with Crippen LogP contribution in [0.3, 0.4) is 0 Å². The smallest absolute Gasteiger partial charge is 0.264 e. The predicted octanol–water partition coefficient (Wildman–Crippen LogP) is 3.46. The number of hydrogen-bond donors (Lipinski definition) is 0. The number of anilines is 1. The molecule has 0 radical (unpaired) electrons. The Balaban J connectivity index is 1.76. The van der Waals surface area contributed by atoms with Gasteiger partial charge in [0.2, 0.25) is 0 Å². The fourth-order valence-electron chi connectivity index (χ4n) is 3.66. The molecule has 0 unspecified atom stereocenters. The van der Waals surface area contributed by atoms with Gasteiger partial charge in [0.15, 0.2) is 0 Å². The number of nitrogens with zero attached hydrogens (tertiary/aromatic N) is 3. The first-order valence-electron chi connectivity index (χ1n) is 8.59. The van der Waals surface area contributed by atoms with Gasteiger partial charge in [-0.15, -0.1) is 0 Å². The van der Waals surface area contributed by atoms with Crippen molar-refractivity contribution in [3.05, 3.63) is 65.5 Å². The molecule has 0 bridgehead atoms. The highest BCUT2D eigenvalue weighted by atomic mass is 32.2. The molecule has 1 aromatic heterocycles. The Bertz CT molecular complexity index is 1100. The van der Waals surface area contributed by atoms with Gasteiger partial charge in [-0.1, -0.05) is 24.3 Å². The molecule has 3 aromatic rings. The maximum Gasteiger partial charge on any atom is 0.264 e. The molecule has 0 amide bonds. The van der Waals surface area contributed by atoms with Crippen LogP contribution < -0.4 is 4.31 Å². The minimum absolute atomic E-state index is 0.362. The van der Waals surface area contributed by atoms with E-state index >= 15 is 0 Å². The molecule has 0 spiro atoms. The quantitative estimate of drug-likeness (QED) is 0.712. The summed E-state index contributed by atoms with van der Waals surface area (Å²) in [6.45, 7) is 4.30. The summed E-state index contributed by atoms with van der Waals surface area (Å²) in [5.74, 6) is 0. The van der Waals surface area contributed by atoms with Crippen LogP contribution in [0.15, 0.2) is 53.7 Å². The summed E-state index contributed by atoms with van der Waals surface area (Å²) in [6.07, 6.45) is 4.45. The maximum atomic E-state index is 13.3. The molecule has 5 nitrogen and oxygen atoms in total. The van der Waals surface area contributed by atoms with E-state index in [2.05, 4.69) is 5.10 Å². The van der Waals surface area contributed by atoms with Gasteiger partial charge in [0.05, 0.1) is 16.8 Å². The van der Waals surface area contributed by atoms with E-state index in [1.165, 1.54) is 0 Å². The van der Waals surface area contributed by atoms with Gasteiger partial charge in [0.1, 0.15) is 0 Å². The van der Waals surface area contributed by atoms with Gasteiger partial charge in [-0.25, -0.2) is 8.42 Å². The number of rotatable bonds is 3. The number of fused-ring (bicyclic) bond motifs is 1. The van der Waals surface area contributed by atoms with Crippen molar-refractivity contribution in [3.8, 4) is 11.1 Å². The molecule has 6 heteroatoms. The predicted molar refractivity (Wildman–Crippen MR) is 103 cm³/mol. The summed E-state index contributed by atoms with van der Waals surface area (Å²) in [5.41, 5.74) is 5.61. The average molecular weight is 367 g/mol. The molecule has 1 aliphatic rings. The van der Waals surface area contributed by atoms with E-state index in [-0.39, 0.29) is 0 Å². The number of aromatic nitrogens is 2. The van der Waals surface area contributed by atoms with Crippen LogP contribution in [0.1, 0.15) is 16.7 Å². The van der Waals surface area contributed by atoms with E-state index in [1.807, 2.05) is 57.4 Å². The summed E-state index contributed by atoms with van der Waals surface area (Å²) in [5, 5.41) is 4.18. The third kappa shape index (κ3) is 2.61. The molecule has 26 heavy (non-hydrogen) atoms. The van der Waals surface area contributed by atoms with Crippen molar-refractivity contribution in [1.82, 2.24) is 9.78 Å². The van der Waals surface area contributed by atoms with E-state index in [4.69, 9.17) is 0 Å². The number of sulfonamides is 1. The second-order valence-electron chi connectivity index (χ2n) is 6.79. The van der Waals surface area contributed by atoms with Crippen LogP contribution in [-0.2, 0) is 23.5 Å². The molecule has 0 saturated carbocycles. The molecule has 1 aliphatic heterocycles. The van der Waals surface area contributed by atoms with Crippen LogP contribution in [0.25, 0.3) is 11.1 Å². The second-order valence-corrected chi connectivity index (χ2v) is 8.62. The zero-order chi connectivity index (χ0) is 18.5. The largest absolute Gasteiger partial charge is 0.275 e. The number of para-hydroxylation sites is 1. The number of aryl methyl sites for hydroxylation is 3. The van der Waals surface area contributed by atoms with Crippen LogP contribution in [0.4, 0.5) is 5.69 Å². The van der Waals surface area contributed by atoms with Crippen molar-refractivity contribution >= 4 is 15.7 Å². The molecule has 134 valence electrons. The number of benzene rings is 2. The number of hydrogen-bond acceptors (Lipinski definition) is 3.